The smallest absolute Gasteiger partial charge is 0.387 e. The van der Waals surface area contributed by atoms with Gasteiger partial charge in [0.25, 0.3) is 5.91 Å². The van der Waals surface area contributed by atoms with Gasteiger partial charge in [-0.2, -0.15) is 14.0 Å². The molecule has 0 radical (unpaired) electrons. The molecule has 7 nitrogen and oxygen atoms in total. The number of carbonyl (C=O) groups is 1. The summed E-state index contributed by atoms with van der Waals surface area (Å²) in [6.07, 6.45) is 1.49. The maximum Gasteiger partial charge on any atom is 0.387 e. The normalized spacial score (nSPS) is 12.4. The molecule has 0 saturated heterocycles. The Hall–Kier alpha value is -3.38. The van der Waals surface area contributed by atoms with Crippen LogP contribution in [0.4, 0.5) is 14.5 Å². The molecule has 1 amide bonds. The lowest BCUT2D eigenvalue weighted by molar-refractivity contribution is -0.112. The summed E-state index contributed by atoms with van der Waals surface area (Å²) >= 11 is 0. The number of nitriles is 1. The Morgan fingerprint density at radius 2 is 1.97 bits per heavy atom. The summed E-state index contributed by atoms with van der Waals surface area (Å²) in [4.78, 5) is 12.6. The number of anilines is 1. The number of benzene rings is 1. The zero-order valence-electron chi connectivity index (χ0n) is 18.0. The van der Waals surface area contributed by atoms with Gasteiger partial charge in [-0.25, -0.2) is 0 Å². The second kappa shape index (κ2) is 10.6. The minimum Gasteiger partial charge on any atom is -0.493 e. The molecular weight excluding hydrogens is 408 g/mol. The highest BCUT2D eigenvalue weighted by molar-refractivity contribution is 6.09. The number of nitrogens with zero attached hydrogens (tertiary/aromatic N) is 2. The van der Waals surface area contributed by atoms with Crippen molar-refractivity contribution in [2.75, 3.05) is 26.1 Å². The number of halogens is 2. The first-order valence-electron chi connectivity index (χ1n) is 9.45. The van der Waals surface area contributed by atoms with Crippen molar-refractivity contribution in [3.8, 4) is 17.6 Å². The van der Waals surface area contributed by atoms with Gasteiger partial charge in [-0.1, -0.05) is 0 Å². The highest BCUT2D eigenvalue weighted by Crippen LogP contribution is 2.31. The molecule has 166 valence electrons. The Morgan fingerprint density at radius 1 is 1.26 bits per heavy atom. The first-order chi connectivity index (χ1) is 14.7. The van der Waals surface area contributed by atoms with Crippen molar-refractivity contribution < 1.29 is 27.8 Å². The highest BCUT2D eigenvalue weighted by atomic mass is 19.3. The summed E-state index contributed by atoms with van der Waals surface area (Å²) < 4.78 is 41.9. The molecule has 1 unspecified atom stereocenters. The van der Waals surface area contributed by atoms with E-state index in [1.54, 1.807) is 7.11 Å². The van der Waals surface area contributed by atoms with Crippen molar-refractivity contribution in [2.24, 2.45) is 0 Å². The van der Waals surface area contributed by atoms with Crippen LogP contribution in [-0.2, 0) is 9.53 Å². The van der Waals surface area contributed by atoms with Crippen molar-refractivity contribution in [1.82, 2.24) is 4.57 Å². The Balaban J connectivity index is 2.30. The molecule has 0 aliphatic rings. The first kappa shape index (κ1) is 23.9. The van der Waals surface area contributed by atoms with Gasteiger partial charge in [-0.3, -0.25) is 4.79 Å². The molecule has 0 saturated carbocycles. The predicted octanol–water partition coefficient (Wildman–Crippen LogP) is 4.47. The Labute approximate surface area is 179 Å². The van der Waals surface area contributed by atoms with E-state index >= 15 is 0 Å². The molecule has 1 atom stereocenters. The van der Waals surface area contributed by atoms with Crippen LogP contribution in [0, 0.1) is 25.2 Å². The SMILES string of the molecule is COCC(C)n1c(C)cc(/C=C(\C#N)C(=O)Nc2ccc(OC)c(OC(F)F)c2)c1C. The summed E-state index contributed by atoms with van der Waals surface area (Å²) in [7, 11) is 2.94. The van der Waals surface area contributed by atoms with Gasteiger partial charge in [0, 0.05) is 30.3 Å². The van der Waals surface area contributed by atoms with Gasteiger partial charge in [0.05, 0.1) is 19.8 Å². The van der Waals surface area contributed by atoms with Crippen molar-refractivity contribution in [3.05, 3.63) is 46.8 Å². The second-order valence-corrected chi connectivity index (χ2v) is 6.87. The lowest BCUT2D eigenvalue weighted by Crippen LogP contribution is -2.14. The van der Waals surface area contributed by atoms with Gasteiger partial charge in [-0.15, -0.1) is 0 Å². The second-order valence-electron chi connectivity index (χ2n) is 6.87. The monoisotopic (exact) mass is 433 g/mol. The number of hydrogen-bond donors (Lipinski definition) is 1. The maximum absolute atomic E-state index is 12.6. The lowest BCUT2D eigenvalue weighted by Gasteiger charge is -2.17. The molecule has 2 rings (SSSR count). The van der Waals surface area contributed by atoms with E-state index in [-0.39, 0.29) is 28.8 Å². The summed E-state index contributed by atoms with van der Waals surface area (Å²) in [5.41, 5.74) is 2.63. The zero-order chi connectivity index (χ0) is 23.1. The molecule has 9 heteroatoms. The largest absolute Gasteiger partial charge is 0.493 e. The number of alkyl halides is 2. The van der Waals surface area contributed by atoms with Crippen LogP contribution in [0.3, 0.4) is 0 Å². The molecule has 0 aliphatic carbocycles. The predicted molar refractivity (Wildman–Crippen MR) is 112 cm³/mol. The number of hydrogen-bond acceptors (Lipinski definition) is 5. The zero-order valence-corrected chi connectivity index (χ0v) is 18.0. The fourth-order valence-corrected chi connectivity index (χ4v) is 3.39. The number of ether oxygens (including phenoxy) is 3. The van der Waals surface area contributed by atoms with E-state index in [0.717, 1.165) is 17.0 Å². The Bertz CT molecular complexity index is 1010. The quantitative estimate of drug-likeness (QED) is 0.466. The first-order valence-corrected chi connectivity index (χ1v) is 9.45. The maximum atomic E-state index is 12.6. The number of carbonyl (C=O) groups excluding carboxylic acids is 1. The van der Waals surface area contributed by atoms with Crippen LogP contribution in [0.2, 0.25) is 0 Å². The van der Waals surface area contributed by atoms with Crippen molar-refractivity contribution >= 4 is 17.7 Å². The van der Waals surface area contributed by atoms with Crippen LogP contribution in [0.5, 0.6) is 11.5 Å². The standard InChI is InChI=1S/C22H25F2N3O4/c1-13-8-16(15(3)27(13)14(2)12-29-4)9-17(11-25)21(28)26-18-6-7-19(30-5)20(10-18)31-22(23)24/h6-10,14,22H,12H2,1-5H3,(H,26,28)/b17-9+. The van der Waals surface area contributed by atoms with Crippen LogP contribution < -0.4 is 14.8 Å². The van der Waals surface area contributed by atoms with Gasteiger partial charge in [-0.05, 0) is 50.6 Å². The van der Waals surface area contributed by atoms with Gasteiger partial charge in [0.15, 0.2) is 11.5 Å². The third-order valence-electron chi connectivity index (χ3n) is 4.67. The van der Waals surface area contributed by atoms with E-state index in [2.05, 4.69) is 14.6 Å². The molecule has 1 aromatic heterocycles. The average molecular weight is 433 g/mol. The Morgan fingerprint density at radius 3 is 2.55 bits per heavy atom. The van der Waals surface area contributed by atoms with Crippen LogP contribution in [0.25, 0.3) is 6.08 Å². The summed E-state index contributed by atoms with van der Waals surface area (Å²) in [6, 6.07) is 7.90. The average Bonchev–Trinajstić information content (AvgIpc) is 2.99. The topological polar surface area (TPSA) is 85.5 Å². The molecule has 0 fully saturated rings. The molecular formula is C22H25F2N3O4. The highest BCUT2D eigenvalue weighted by Gasteiger charge is 2.17. The number of amides is 1. The molecule has 2 aromatic rings. The van der Waals surface area contributed by atoms with Crippen LogP contribution in [0.15, 0.2) is 29.8 Å². The summed E-state index contributed by atoms with van der Waals surface area (Å²) in [5, 5.41) is 12.0. The summed E-state index contributed by atoms with van der Waals surface area (Å²) in [5.74, 6) is -0.814. The van der Waals surface area contributed by atoms with E-state index in [0.29, 0.717) is 6.61 Å². The van der Waals surface area contributed by atoms with Gasteiger partial charge >= 0.3 is 6.61 Å². The number of aromatic nitrogens is 1. The van der Waals surface area contributed by atoms with Crippen LogP contribution in [0.1, 0.15) is 29.9 Å². The molecule has 31 heavy (non-hydrogen) atoms. The molecule has 0 spiro atoms. The minimum absolute atomic E-state index is 0.0825. The Kier molecular flexibility index (Phi) is 8.16. The van der Waals surface area contributed by atoms with Gasteiger partial charge in [0.1, 0.15) is 11.6 Å². The van der Waals surface area contributed by atoms with Gasteiger partial charge in [0.2, 0.25) is 0 Å². The lowest BCUT2D eigenvalue weighted by atomic mass is 10.1. The fourth-order valence-electron chi connectivity index (χ4n) is 3.39. The molecule has 0 bridgehead atoms. The van der Waals surface area contributed by atoms with Gasteiger partial charge < -0.3 is 24.1 Å². The third kappa shape index (κ3) is 5.83. The van der Waals surface area contributed by atoms with Crippen LogP contribution in [-0.4, -0.2) is 37.9 Å². The molecule has 1 N–H and O–H groups in total. The number of aryl methyl sites for hydroxylation is 1. The molecule has 1 aromatic carbocycles. The minimum atomic E-state index is -3.05. The van der Waals surface area contributed by atoms with E-state index in [1.807, 2.05) is 32.9 Å². The van der Waals surface area contributed by atoms with Crippen molar-refractivity contribution in [2.45, 2.75) is 33.4 Å². The number of nitrogens with one attached hydrogen (secondary N) is 1. The number of methoxy groups -OCH3 is 2. The molecule has 1 heterocycles. The van der Waals surface area contributed by atoms with E-state index in [9.17, 15) is 18.8 Å². The van der Waals surface area contributed by atoms with Crippen molar-refractivity contribution in [1.29, 1.82) is 5.26 Å². The fraction of sp³-hybridized carbons (Fsp3) is 0.364. The summed E-state index contributed by atoms with van der Waals surface area (Å²) in [6.45, 7) is 3.31. The van der Waals surface area contributed by atoms with E-state index in [4.69, 9.17) is 9.47 Å². The van der Waals surface area contributed by atoms with Crippen molar-refractivity contribution in [3.63, 3.8) is 0 Å². The van der Waals surface area contributed by atoms with Crippen LogP contribution >= 0.6 is 0 Å². The number of rotatable bonds is 9. The van der Waals surface area contributed by atoms with E-state index < -0.39 is 12.5 Å². The molecule has 0 aliphatic heterocycles. The van der Waals surface area contributed by atoms with E-state index in [1.165, 1.54) is 31.4 Å². The third-order valence-corrected chi connectivity index (χ3v) is 4.67.